The average Bonchev–Trinajstić information content (AvgIpc) is 3.39. The molecule has 37 heavy (non-hydrogen) atoms. The molecular weight excluding hydrogens is 506 g/mol. The van der Waals surface area contributed by atoms with Crippen LogP contribution in [0.2, 0.25) is 0 Å². The number of carbonyl (C=O) groups excluding carboxylic acids is 1. The van der Waals surface area contributed by atoms with Gasteiger partial charge in [-0.05, 0) is 55.8 Å². The zero-order valence-electron chi connectivity index (χ0n) is 20.8. The molecule has 1 amide bonds. The van der Waals surface area contributed by atoms with Gasteiger partial charge in [0.25, 0.3) is 0 Å². The third-order valence-electron chi connectivity index (χ3n) is 6.45. The van der Waals surface area contributed by atoms with Gasteiger partial charge in [-0.1, -0.05) is 43.3 Å². The molecule has 2 aromatic heterocycles. The Morgan fingerprint density at radius 2 is 1.73 bits per heavy atom. The molecule has 0 fully saturated rings. The molecule has 0 aliphatic heterocycles. The normalized spacial score (nSPS) is 12.1. The topological polar surface area (TPSA) is 112 Å². The standard InChI is InChI=1S/C27H29N5O3S2/c1-3-5-14-32-25-13-11-19(37(28,34)35)16-22(25)30-27(32)36-17-26(33)29-18-10-12-24-21(15-18)20-8-6-7-9-23(20)31(24)4-2/h6-13,15-16H,3-5,14,17H2,1-2H3,(H,29,33)(H2,28,34,35). The van der Waals surface area contributed by atoms with Crippen molar-refractivity contribution >= 4 is 66.2 Å². The summed E-state index contributed by atoms with van der Waals surface area (Å²) in [5, 5.41) is 11.3. The van der Waals surface area contributed by atoms with Crippen LogP contribution in [0.3, 0.4) is 0 Å². The fraction of sp³-hybridized carbons (Fsp3) is 0.259. The highest BCUT2D eigenvalue weighted by Crippen LogP contribution is 2.31. The van der Waals surface area contributed by atoms with Crippen LogP contribution in [0.15, 0.2) is 70.7 Å². The van der Waals surface area contributed by atoms with Crippen LogP contribution in [0.4, 0.5) is 5.69 Å². The summed E-state index contributed by atoms with van der Waals surface area (Å²) < 4.78 is 27.9. The van der Waals surface area contributed by atoms with Crippen LogP contribution < -0.4 is 10.5 Å². The number of amides is 1. The second-order valence-electron chi connectivity index (χ2n) is 8.93. The van der Waals surface area contributed by atoms with E-state index >= 15 is 0 Å². The van der Waals surface area contributed by atoms with Gasteiger partial charge in [-0.15, -0.1) is 0 Å². The SMILES string of the molecule is CCCCn1c(SCC(=O)Nc2ccc3c(c2)c2ccccc2n3CC)nc2cc(S(N)(=O)=O)ccc21. The number of unbranched alkanes of at least 4 members (excludes halogenated alkanes) is 1. The molecule has 10 heteroatoms. The summed E-state index contributed by atoms with van der Waals surface area (Å²) >= 11 is 1.33. The molecule has 8 nitrogen and oxygen atoms in total. The van der Waals surface area contributed by atoms with Crippen molar-refractivity contribution in [3.63, 3.8) is 0 Å². The molecule has 0 saturated heterocycles. The van der Waals surface area contributed by atoms with Crippen LogP contribution in [-0.2, 0) is 27.9 Å². The smallest absolute Gasteiger partial charge is 0.238 e. The molecule has 0 aliphatic carbocycles. The van der Waals surface area contributed by atoms with Gasteiger partial charge in [-0.3, -0.25) is 4.79 Å². The number of aryl methyl sites for hydroxylation is 2. The summed E-state index contributed by atoms with van der Waals surface area (Å²) in [6.07, 6.45) is 1.93. The number of fused-ring (bicyclic) bond motifs is 4. The van der Waals surface area contributed by atoms with Crippen molar-refractivity contribution in [3.8, 4) is 0 Å². The molecule has 0 unspecified atom stereocenters. The third-order valence-corrected chi connectivity index (χ3v) is 8.34. The van der Waals surface area contributed by atoms with Gasteiger partial charge in [0, 0.05) is 40.6 Å². The lowest BCUT2D eigenvalue weighted by Gasteiger charge is -2.09. The summed E-state index contributed by atoms with van der Waals surface area (Å²) in [7, 11) is -3.83. The molecule has 3 N–H and O–H groups in total. The lowest BCUT2D eigenvalue weighted by atomic mass is 10.1. The minimum Gasteiger partial charge on any atom is -0.341 e. The first-order chi connectivity index (χ1) is 17.8. The summed E-state index contributed by atoms with van der Waals surface area (Å²) in [6.45, 7) is 5.82. The largest absolute Gasteiger partial charge is 0.341 e. The van der Waals surface area contributed by atoms with Crippen LogP contribution in [0.5, 0.6) is 0 Å². The Bertz CT molecular complexity index is 1740. The van der Waals surface area contributed by atoms with E-state index in [1.807, 2.05) is 28.8 Å². The molecule has 2 heterocycles. The Labute approximate surface area is 219 Å². The van der Waals surface area contributed by atoms with Crippen molar-refractivity contribution in [2.75, 3.05) is 11.1 Å². The number of benzene rings is 3. The van der Waals surface area contributed by atoms with Crippen LogP contribution in [0, 0.1) is 0 Å². The van der Waals surface area contributed by atoms with Gasteiger partial charge in [-0.2, -0.15) is 0 Å². The fourth-order valence-electron chi connectivity index (χ4n) is 4.71. The van der Waals surface area contributed by atoms with Crippen LogP contribution >= 0.6 is 11.8 Å². The van der Waals surface area contributed by atoms with E-state index in [1.54, 1.807) is 6.07 Å². The number of thioether (sulfide) groups is 1. The van der Waals surface area contributed by atoms with E-state index in [0.29, 0.717) is 10.7 Å². The zero-order valence-corrected chi connectivity index (χ0v) is 22.4. The van der Waals surface area contributed by atoms with Crippen LogP contribution in [0.25, 0.3) is 32.8 Å². The minimum atomic E-state index is -3.83. The van der Waals surface area contributed by atoms with E-state index in [0.717, 1.165) is 53.4 Å². The van der Waals surface area contributed by atoms with E-state index in [1.165, 1.54) is 29.4 Å². The van der Waals surface area contributed by atoms with Crippen molar-refractivity contribution in [1.29, 1.82) is 0 Å². The number of para-hydroxylation sites is 1. The van der Waals surface area contributed by atoms with E-state index in [4.69, 9.17) is 5.14 Å². The number of anilines is 1. The molecule has 5 aromatic rings. The molecule has 0 bridgehead atoms. The Balaban J connectivity index is 1.37. The lowest BCUT2D eigenvalue weighted by molar-refractivity contribution is -0.113. The van der Waals surface area contributed by atoms with Crippen molar-refractivity contribution in [3.05, 3.63) is 60.7 Å². The average molecular weight is 536 g/mol. The third kappa shape index (κ3) is 4.96. The highest BCUT2D eigenvalue weighted by atomic mass is 32.2. The molecule has 192 valence electrons. The Morgan fingerprint density at radius 1 is 0.973 bits per heavy atom. The van der Waals surface area contributed by atoms with E-state index in [2.05, 4.69) is 46.9 Å². The van der Waals surface area contributed by atoms with E-state index in [9.17, 15) is 13.2 Å². The molecule has 5 rings (SSSR count). The summed E-state index contributed by atoms with van der Waals surface area (Å²) in [5.74, 6) is 0.0367. The van der Waals surface area contributed by atoms with Gasteiger partial charge in [0.05, 0.1) is 21.7 Å². The molecule has 0 aliphatic rings. The summed E-state index contributed by atoms with van der Waals surface area (Å²) in [4.78, 5) is 17.6. The van der Waals surface area contributed by atoms with E-state index < -0.39 is 10.0 Å². The maximum Gasteiger partial charge on any atom is 0.238 e. The highest BCUT2D eigenvalue weighted by molar-refractivity contribution is 7.99. The molecule has 3 aromatic carbocycles. The number of sulfonamides is 1. The highest BCUT2D eigenvalue weighted by Gasteiger charge is 2.17. The molecule has 0 saturated carbocycles. The summed E-state index contributed by atoms with van der Waals surface area (Å²) in [6, 6.07) is 19.0. The van der Waals surface area contributed by atoms with Crippen LogP contribution in [-0.4, -0.2) is 34.2 Å². The van der Waals surface area contributed by atoms with Gasteiger partial charge < -0.3 is 14.5 Å². The van der Waals surface area contributed by atoms with Gasteiger partial charge in [0.1, 0.15) is 0 Å². The number of nitrogens with one attached hydrogen (secondary N) is 1. The Kier molecular flexibility index (Phi) is 6.98. The Hall–Kier alpha value is -3.34. The molecular formula is C27H29N5O3S2. The quantitative estimate of drug-likeness (QED) is 0.247. The second kappa shape index (κ2) is 10.2. The number of hydrogen-bond donors (Lipinski definition) is 2. The molecule has 0 radical (unpaired) electrons. The van der Waals surface area contributed by atoms with Crippen molar-refractivity contribution in [2.45, 2.75) is 49.8 Å². The maximum atomic E-state index is 12.9. The number of imidazole rings is 1. The van der Waals surface area contributed by atoms with Gasteiger partial charge >= 0.3 is 0 Å². The van der Waals surface area contributed by atoms with E-state index in [-0.39, 0.29) is 16.6 Å². The first kappa shape index (κ1) is 25.3. The first-order valence-electron chi connectivity index (χ1n) is 12.3. The predicted octanol–water partition coefficient (Wildman–Crippen LogP) is 5.34. The number of hydrogen-bond acceptors (Lipinski definition) is 5. The second-order valence-corrected chi connectivity index (χ2v) is 11.4. The maximum absolute atomic E-state index is 12.9. The summed E-state index contributed by atoms with van der Waals surface area (Å²) in [5.41, 5.74) is 4.43. The molecule has 0 atom stereocenters. The number of rotatable bonds is 9. The van der Waals surface area contributed by atoms with Gasteiger partial charge in [0.2, 0.25) is 15.9 Å². The lowest BCUT2D eigenvalue weighted by Crippen LogP contribution is -2.14. The van der Waals surface area contributed by atoms with Gasteiger partial charge in [-0.25, -0.2) is 18.5 Å². The van der Waals surface area contributed by atoms with Crippen LogP contribution in [0.1, 0.15) is 26.7 Å². The zero-order chi connectivity index (χ0) is 26.2. The Morgan fingerprint density at radius 3 is 2.49 bits per heavy atom. The number of nitrogens with two attached hydrogens (primary N) is 1. The van der Waals surface area contributed by atoms with Crippen molar-refractivity contribution < 1.29 is 13.2 Å². The predicted molar refractivity (Wildman–Crippen MR) is 150 cm³/mol. The number of nitrogens with zero attached hydrogens (tertiary/aromatic N) is 3. The first-order valence-corrected chi connectivity index (χ1v) is 14.8. The van der Waals surface area contributed by atoms with Gasteiger partial charge in [0.15, 0.2) is 5.16 Å². The number of primary sulfonamides is 1. The number of carbonyl (C=O) groups is 1. The minimum absolute atomic E-state index is 0.0225. The molecule has 0 spiro atoms. The van der Waals surface area contributed by atoms with Crippen molar-refractivity contribution in [2.24, 2.45) is 5.14 Å². The monoisotopic (exact) mass is 535 g/mol. The number of aromatic nitrogens is 3. The van der Waals surface area contributed by atoms with Crippen molar-refractivity contribution in [1.82, 2.24) is 14.1 Å². The fourth-order valence-corrected chi connectivity index (χ4v) is 6.08.